The molecule has 1 unspecified atom stereocenters. The minimum Gasteiger partial charge on any atom is -0.306 e. The normalized spacial score (nSPS) is 18.7. The van der Waals surface area contributed by atoms with E-state index in [4.69, 9.17) is 0 Å². The first-order valence-electron chi connectivity index (χ1n) is 5.73. The van der Waals surface area contributed by atoms with Crippen molar-refractivity contribution in [2.45, 2.75) is 12.5 Å². The molecule has 1 aliphatic rings. The molecule has 2 aromatic rings. The van der Waals surface area contributed by atoms with E-state index in [1.54, 1.807) is 0 Å². The van der Waals surface area contributed by atoms with Crippen LogP contribution in [0.4, 0.5) is 0 Å². The van der Waals surface area contributed by atoms with Crippen LogP contribution >= 0.6 is 11.3 Å². The highest BCUT2D eigenvalue weighted by atomic mass is 32.1. The molecule has 0 amide bonds. The predicted octanol–water partition coefficient (Wildman–Crippen LogP) is 2.80. The van der Waals surface area contributed by atoms with Crippen molar-refractivity contribution < 1.29 is 4.79 Å². The average molecular weight is 243 g/mol. The fourth-order valence-electron chi connectivity index (χ4n) is 2.38. The van der Waals surface area contributed by atoms with E-state index in [9.17, 15) is 4.79 Å². The summed E-state index contributed by atoms with van der Waals surface area (Å²) in [6, 6.07) is 10.8. The first kappa shape index (κ1) is 10.7. The Hall–Kier alpha value is -1.45. The number of carbonyl (C=O) groups is 1. The van der Waals surface area contributed by atoms with Crippen molar-refractivity contribution in [3.05, 3.63) is 57.3 Å². The summed E-state index contributed by atoms with van der Waals surface area (Å²) in [7, 11) is 0. The third-order valence-corrected chi connectivity index (χ3v) is 4.07. The summed E-state index contributed by atoms with van der Waals surface area (Å²) in [6.45, 7) is 0.994. The summed E-state index contributed by atoms with van der Waals surface area (Å²) in [5, 5.41) is 5.59. The Kier molecular flexibility index (Phi) is 2.79. The third kappa shape index (κ3) is 1.92. The fraction of sp³-hybridized carbons (Fsp3) is 0.214. The highest BCUT2D eigenvalue weighted by Crippen LogP contribution is 2.30. The van der Waals surface area contributed by atoms with Crippen LogP contribution in [0.3, 0.4) is 0 Å². The van der Waals surface area contributed by atoms with E-state index in [1.165, 1.54) is 28.0 Å². The molecule has 0 saturated carbocycles. The zero-order valence-corrected chi connectivity index (χ0v) is 10.2. The maximum atomic E-state index is 10.7. The summed E-state index contributed by atoms with van der Waals surface area (Å²) < 4.78 is 0. The molecule has 0 bridgehead atoms. The maximum absolute atomic E-state index is 10.7. The lowest BCUT2D eigenvalue weighted by molar-refractivity contribution is 0.112. The highest BCUT2D eigenvalue weighted by molar-refractivity contribution is 7.11. The molecule has 1 N–H and O–H groups in total. The number of carbonyl (C=O) groups excluding carboxylic acids is 1. The zero-order chi connectivity index (χ0) is 11.7. The van der Waals surface area contributed by atoms with Crippen LogP contribution in [-0.2, 0) is 6.42 Å². The molecule has 0 spiro atoms. The van der Waals surface area contributed by atoms with Crippen LogP contribution in [0, 0.1) is 0 Å². The van der Waals surface area contributed by atoms with Crippen LogP contribution in [0.1, 0.15) is 32.4 Å². The van der Waals surface area contributed by atoms with Crippen LogP contribution in [-0.4, -0.2) is 12.8 Å². The predicted molar refractivity (Wildman–Crippen MR) is 69.7 cm³/mol. The number of nitrogens with one attached hydrogen (secondary N) is 1. The van der Waals surface area contributed by atoms with E-state index in [1.807, 2.05) is 6.07 Å². The van der Waals surface area contributed by atoms with Crippen molar-refractivity contribution in [1.82, 2.24) is 5.32 Å². The topological polar surface area (TPSA) is 29.1 Å². The van der Waals surface area contributed by atoms with Crippen molar-refractivity contribution >= 4 is 17.6 Å². The Bertz CT molecular complexity index is 547. The van der Waals surface area contributed by atoms with E-state index >= 15 is 0 Å². The quantitative estimate of drug-likeness (QED) is 0.822. The number of hydrogen-bond donors (Lipinski definition) is 1. The van der Waals surface area contributed by atoms with Crippen molar-refractivity contribution in [3.63, 3.8) is 0 Å². The molecule has 1 aromatic heterocycles. The SMILES string of the molecule is O=Cc1cc(C2NCCc3ccccc32)cs1. The molecular formula is C14H13NOS. The van der Waals surface area contributed by atoms with Crippen LogP contribution in [0.5, 0.6) is 0 Å². The number of thiophene rings is 1. The van der Waals surface area contributed by atoms with Gasteiger partial charge in [0.2, 0.25) is 0 Å². The number of aldehydes is 1. The Balaban J connectivity index is 2.02. The van der Waals surface area contributed by atoms with Crippen molar-refractivity contribution in [1.29, 1.82) is 0 Å². The lowest BCUT2D eigenvalue weighted by Crippen LogP contribution is -2.30. The van der Waals surface area contributed by atoms with Crippen LogP contribution in [0.15, 0.2) is 35.7 Å². The number of hydrogen-bond acceptors (Lipinski definition) is 3. The molecule has 1 aromatic carbocycles. The first-order chi connectivity index (χ1) is 8.38. The molecule has 0 aliphatic carbocycles. The summed E-state index contributed by atoms with van der Waals surface area (Å²) in [6.07, 6.45) is 2.00. The minimum absolute atomic E-state index is 0.241. The standard InChI is InChI=1S/C14H13NOS/c16-8-12-7-11(9-17-12)14-13-4-2-1-3-10(13)5-6-15-14/h1-4,7-9,14-15H,5-6H2. The van der Waals surface area contributed by atoms with E-state index in [0.29, 0.717) is 0 Å². The lowest BCUT2D eigenvalue weighted by atomic mass is 9.91. The van der Waals surface area contributed by atoms with Gasteiger partial charge in [0.15, 0.2) is 6.29 Å². The lowest BCUT2D eigenvalue weighted by Gasteiger charge is -2.26. The van der Waals surface area contributed by atoms with E-state index in [0.717, 1.165) is 24.1 Å². The van der Waals surface area contributed by atoms with Crippen LogP contribution < -0.4 is 5.32 Å². The molecule has 0 fully saturated rings. The fourth-order valence-corrected chi connectivity index (χ4v) is 3.12. The Morgan fingerprint density at radius 2 is 2.24 bits per heavy atom. The van der Waals surface area contributed by atoms with Crippen molar-refractivity contribution in [2.24, 2.45) is 0 Å². The van der Waals surface area contributed by atoms with Gasteiger partial charge >= 0.3 is 0 Å². The smallest absolute Gasteiger partial charge is 0.160 e. The number of benzene rings is 1. The summed E-state index contributed by atoms with van der Waals surface area (Å²) in [4.78, 5) is 11.5. The van der Waals surface area contributed by atoms with Gasteiger partial charge in [-0.3, -0.25) is 4.79 Å². The molecule has 86 valence electrons. The van der Waals surface area contributed by atoms with Gasteiger partial charge in [-0.2, -0.15) is 0 Å². The minimum atomic E-state index is 0.241. The second-order valence-electron chi connectivity index (χ2n) is 4.24. The highest BCUT2D eigenvalue weighted by Gasteiger charge is 2.21. The van der Waals surface area contributed by atoms with E-state index in [2.05, 4.69) is 35.0 Å². The molecule has 0 saturated heterocycles. The largest absolute Gasteiger partial charge is 0.306 e. The van der Waals surface area contributed by atoms with Crippen molar-refractivity contribution in [2.75, 3.05) is 6.54 Å². The van der Waals surface area contributed by atoms with Gasteiger partial charge in [0, 0.05) is 6.54 Å². The van der Waals surface area contributed by atoms with E-state index < -0.39 is 0 Å². The number of fused-ring (bicyclic) bond motifs is 1. The Morgan fingerprint density at radius 3 is 3.06 bits per heavy atom. The van der Waals surface area contributed by atoms with Gasteiger partial charge < -0.3 is 5.32 Å². The molecule has 1 atom stereocenters. The monoisotopic (exact) mass is 243 g/mol. The van der Waals surface area contributed by atoms with Gasteiger partial charge in [-0.15, -0.1) is 11.3 Å². The molecule has 2 nitrogen and oxygen atoms in total. The first-order valence-corrected chi connectivity index (χ1v) is 6.61. The molecular weight excluding hydrogens is 230 g/mol. The zero-order valence-electron chi connectivity index (χ0n) is 9.35. The van der Waals surface area contributed by atoms with Crippen molar-refractivity contribution in [3.8, 4) is 0 Å². The second kappa shape index (κ2) is 4.43. The number of rotatable bonds is 2. The van der Waals surface area contributed by atoms with Gasteiger partial charge in [-0.25, -0.2) is 0 Å². The summed E-state index contributed by atoms with van der Waals surface area (Å²) >= 11 is 1.51. The summed E-state index contributed by atoms with van der Waals surface area (Å²) in [5.74, 6) is 0. The Morgan fingerprint density at radius 1 is 1.35 bits per heavy atom. The Labute approximate surface area is 104 Å². The molecule has 1 aliphatic heterocycles. The average Bonchev–Trinajstić information content (AvgIpc) is 2.87. The van der Waals surface area contributed by atoms with Gasteiger partial charge in [0.05, 0.1) is 10.9 Å². The van der Waals surface area contributed by atoms with Gasteiger partial charge in [0.1, 0.15) is 0 Å². The van der Waals surface area contributed by atoms with Crippen LogP contribution in [0.2, 0.25) is 0 Å². The maximum Gasteiger partial charge on any atom is 0.160 e. The van der Waals surface area contributed by atoms with Gasteiger partial charge in [0.25, 0.3) is 0 Å². The molecule has 3 rings (SSSR count). The third-order valence-electron chi connectivity index (χ3n) is 3.20. The molecule has 0 radical (unpaired) electrons. The van der Waals surface area contributed by atoms with Gasteiger partial charge in [-0.05, 0) is 34.6 Å². The molecule has 2 heterocycles. The summed E-state index contributed by atoms with van der Waals surface area (Å²) in [5.41, 5.74) is 3.95. The molecule has 3 heteroatoms. The van der Waals surface area contributed by atoms with E-state index in [-0.39, 0.29) is 6.04 Å². The second-order valence-corrected chi connectivity index (χ2v) is 5.18. The van der Waals surface area contributed by atoms with Gasteiger partial charge in [-0.1, -0.05) is 24.3 Å². The molecule has 17 heavy (non-hydrogen) atoms. The van der Waals surface area contributed by atoms with Crippen LogP contribution in [0.25, 0.3) is 0 Å².